The number of nitrogens with zero attached hydrogens (tertiary/aromatic N) is 3. The van der Waals surface area contributed by atoms with E-state index >= 15 is 0 Å². The Bertz CT molecular complexity index is 946. The molecule has 0 atom stereocenters. The third kappa shape index (κ3) is 2.96. The number of carbonyl (C=O) groups is 1. The van der Waals surface area contributed by atoms with E-state index in [-0.39, 0.29) is 18.1 Å². The third-order valence-corrected chi connectivity index (χ3v) is 3.83. The molecule has 0 fully saturated rings. The van der Waals surface area contributed by atoms with Gasteiger partial charge in [0.25, 0.3) is 11.6 Å². The molecular formula is C17H16N4O3. The van der Waals surface area contributed by atoms with Crippen LogP contribution in [0.2, 0.25) is 0 Å². The first-order valence-electron chi connectivity index (χ1n) is 7.42. The summed E-state index contributed by atoms with van der Waals surface area (Å²) >= 11 is 0. The molecule has 0 radical (unpaired) electrons. The van der Waals surface area contributed by atoms with E-state index in [1.165, 1.54) is 18.2 Å². The molecule has 2 heterocycles. The van der Waals surface area contributed by atoms with Crippen LogP contribution in [0, 0.1) is 24.0 Å². The quantitative estimate of drug-likeness (QED) is 0.590. The highest BCUT2D eigenvalue weighted by atomic mass is 16.6. The van der Waals surface area contributed by atoms with E-state index < -0.39 is 4.92 Å². The highest BCUT2D eigenvalue weighted by Gasteiger charge is 2.14. The number of nitrogens with one attached hydrogen (secondary N) is 1. The highest BCUT2D eigenvalue weighted by molar-refractivity contribution is 5.94. The topological polar surface area (TPSA) is 89.5 Å². The highest BCUT2D eigenvalue weighted by Crippen LogP contribution is 2.18. The van der Waals surface area contributed by atoms with Crippen LogP contribution in [-0.4, -0.2) is 20.2 Å². The molecule has 1 aromatic carbocycles. The minimum absolute atomic E-state index is 0.00220. The van der Waals surface area contributed by atoms with E-state index in [1.54, 1.807) is 6.92 Å². The number of nitro benzene ring substituents is 1. The average molecular weight is 324 g/mol. The van der Waals surface area contributed by atoms with Gasteiger partial charge in [-0.05, 0) is 38.1 Å². The van der Waals surface area contributed by atoms with E-state index in [1.807, 2.05) is 35.7 Å². The van der Waals surface area contributed by atoms with Gasteiger partial charge >= 0.3 is 0 Å². The molecule has 3 rings (SSSR count). The average Bonchev–Trinajstić information content (AvgIpc) is 2.96. The fourth-order valence-corrected chi connectivity index (χ4v) is 2.56. The van der Waals surface area contributed by atoms with Crippen LogP contribution in [0.3, 0.4) is 0 Å². The number of benzene rings is 1. The van der Waals surface area contributed by atoms with E-state index in [0.29, 0.717) is 11.1 Å². The predicted molar refractivity (Wildman–Crippen MR) is 88.9 cm³/mol. The van der Waals surface area contributed by atoms with Crippen molar-refractivity contribution in [1.82, 2.24) is 14.7 Å². The smallest absolute Gasteiger partial charge is 0.272 e. The minimum atomic E-state index is -0.462. The zero-order valence-corrected chi connectivity index (χ0v) is 13.3. The van der Waals surface area contributed by atoms with E-state index in [4.69, 9.17) is 0 Å². The molecule has 1 N–H and O–H groups in total. The molecule has 0 aliphatic carbocycles. The van der Waals surface area contributed by atoms with Gasteiger partial charge in [0, 0.05) is 29.1 Å². The maximum absolute atomic E-state index is 12.2. The first kappa shape index (κ1) is 15.7. The molecule has 24 heavy (non-hydrogen) atoms. The lowest BCUT2D eigenvalue weighted by Crippen LogP contribution is -2.23. The van der Waals surface area contributed by atoms with Crippen molar-refractivity contribution in [1.29, 1.82) is 0 Å². The Kier molecular flexibility index (Phi) is 3.99. The van der Waals surface area contributed by atoms with Crippen LogP contribution in [0.15, 0.2) is 42.6 Å². The van der Waals surface area contributed by atoms with Crippen molar-refractivity contribution in [3.05, 3.63) is 75.2 Å². The Hall–Kier alpha value is -3.22. The van der Waals surface area contributed by atoms with Crippen LogP contribution in [-0.2, 0) is 6.54 Å². The zero-order chi connectivity index (χ0) is 17.3. The number of imidazole rings is 1. The molecule has 0 saturated heterocycles. The van der Waals surface area contributed by atoms with Crippen molar-refractivity contribution in [2.75, 3.05) is 0 Å². The first-order chi connectivity index (χ1) is 11.5. The van der Waals surface area contributed by atoms with Crippen molar-refractivity contribution in [2.45, 2.75) is 20.4 Å². The monoisotopic (exact) mass is 324 g/mol. The molecule has 0 saturated carbocycles. The van der Waals surface area contributed by atoms with Crippen molar-refractivity contribution in [3.8, 4) is 0 Å². The lowest BCUT2D eigenvalue weighted by Gasteiger charge is -2.04. The maximum Gasteiger partial charge on any atom is 0.272 e. The number of rotatable bonds is 4. The van der Waals surface area contributed by atoms with Gasteiger partial charge in [-0.2, -0.15) is 0 Å². The summed E-state index contributed by atoms with van der Waals surface area (Å²) in [5.41, 5.74) is 3.47. The number of amides is 1. The van der Waals surface area contributed by atoms with Crippen LogP contribution in [0.25, 0.3) is 5.65 Å². The summed E-state index contributed by atoms with van der Waals surface area (Å²) in [6, 6.07) is 10.1. The predicted octanol–water partition coefficient (Wildman–Crippen LogP) is 2.79. The largest absolute Gasteiger partial charge is 0.346 e. The van der Waals surface area contributed by atoms with Crippen LogP contribution in [0.5, 0.6) is 0 Å². The normalized spacial score (nSPS) is 10.8. The Labute approximate surface area is 138 Å². The van der Waals surface area contributed by atoms with E-state index in [0.717, 1.165) is 17.0 Å². The minimum Gasteiger partial charge on any atom is -0.346 e. The molecule has 0 bridgehead atoms. The molecule has 0 aliphatic rings. The maximum atomic E-state index is 12.2. The summed E-state index contributed by atoms with van der Waals surface area (Å²) in [6.45, 7) is 3.88. The summed E-state index contributed by atoms with van der Waals surface area (Å²) in [6.07, 6.45) is 1.88. The summed E-state index contributed by atoms with van der Waals surface area (Å²) in [7, 11) is 0. The van der Waals surface area contributed by atoms with Crippen LogP contribution in [0.4, 0.5) is 5.69 Å². The number of nitro groups is 1. The van der Waals surface area contributed by atoms with Gasteiger partial charge in [0.1, 0.15) is 5.65 Å². The molecule has 1 amide bonds. The Morgan fingerprint density at radius 2 is 2.08 bits per heavy atom. The second-order valence-corrected chi connectivity index (χ2v) is 5.57. The molecule has 122 valence electrons. The molecule has 0 unspecified atom stereocenters. The molecule has 7 heteroatoms. The van der Waals surface area contributed by atoms with Crippen LogP contribution < -0.4 is 5.32 Å². The first-order valence-corrected chi connectivity index (χ1v) is 7.42. The number of aromatic nitrogens is 2. The summed E-state index contributed by atoms with van der Waals surface area (Å²) < 4.78 is 1.96. The number of fused-ring (bicyclic) bond motifs is 1. The van der Waals surface area contributed by atoms with Gasteiger partial charge < -0.3 is 9.72 Å². The molecule has 0 aliphatic heterocycles. The molecule has 7 nitrogen and oxygen atoms in total. The van der Waals surface area contributed by atoms with Gasteiger partial charge in [-0.1, -0.05) is 6.07 Å². The van der Waals surface area contributed by atoms with Gasteiger partial charge in [-0.25, -0.2) is 4.98 Å². The number of pyridine rings is 1. The molecular weight excluding hydrogens is 308 g/mol. The van der Waals surface area contributed by atoms with Gasteiger partial charge in [0.15, 0.2) is 0 Å². The van der Waals surface area contributed by atoms with Gasteiger partial charge in [-0.3, -0.25) is 14.9 Å². The van der Waals surface area contributed by atoms with E-state index in [2.05, 4.69) is 10.3 Å². The summed E-state index contributed by atoms with van der Waals surface area (Å²) in [5.74, 6) is -0.290. The van der Waals surface area contributed by atoms with Gasteiger partial charge in [-0.15, -0.1) is 0 Å². The van der Waals surface area contributed by atoms with E-state index in [9.17, 15) is 14.9 Å². The van der Waals surface area contributed by atoms with Gasteiger partial charge in [0.2, 0.25) is 0 Å². The Morgan fingerprint density at radius 3 is 2.75 bits per heavy atom. The van der Waals surface area contributed by atoms with Crippen molar-refractivity contribution < 1.29 is 9.72 Å². The SMILES string of the molecule is Cc1cc(C(=O)NCc2cn3c(C)cccc3n2)ccc1[N+](=O)[O-]. The van der Waals surface area contributed by atoms with Crippen LogP contribution >= 0.6 is 0 Å². The Morgan fingerprint density at radius 1 is 1.29 bits per heavy atom. The van der Waals surface area contributed by atoms with Gasteiger partial charge in [0.05, 0.1) is 17.2 Å². The van der Waals surface area contributed by atoms with Crippen molar-refractivity contribution in [2.24, 2.45) is 0 Å². The zero-order valence-electron chi connectivity index (χ0n) is 13.3. The lowest BCUT2D eigenvalue weighted by atomic mass is 10.1. The Balaban J connectivity index is 1.74. The number of aryl methyl sites for hydroxylation is 2. The summed E-state index contributed by atoms with van der Waals surface area (Å²) in [4.78, 5) is 27.0. The fraction of sp³-hybridized carbons (Fsp3) is 0.176. The lowest BCUT2D eigenvalue weighted by molar-refractivity contribution is -0.385. The van der Waals surface area contributed by atoms with Crippen LogP contribution in [0.1, 0.15) is 27.3 Å². The number of hydrogen-bond donors (Lipinski definition) is 1. The number of carbonyl (C=O) groups excluding carboxylic acids is 1. The van der Waals surface area contributed by atoms with Crippen molar-refractivity contribution >= 4 is 17.2 Å². The third-order valence-electron chi connectivity index (χ3n) is 3.83. The second-order valence-electron chi connectivity index (χ2n) is 5.57. The molecule has 0 spiro atoms. The van der Waals surface area contributed by atoms with Crippen molar-refractivity contribution in [3.63, 3.8) is 0 Å². The number of hydrogen-bond acceptors (Lipinski definition) is 4. The standard InChI is InChI=1S/C17H16N4O3/c1-11-8-13(6-7-15(11)21(23)24)17(22)18-9-14-10-20-12(2)4-3-5-16(20)19-14/h3-8,10H,9H2,1-2H3,(H,18,22). The molecule has 2 aromatic heterocycles. The molecule has 3 aromatic rings. The second kappa shape index (κ2) is 6.11. The fourth-order valence-electron chi connectivity index (χ4n) is 2.56. The summed E-state index contributed by atoms with van der Waals surface area (Å²) in [5, 5.41) is 13.6.